The molecule has 1 rings (SSSR count). The molecule has 0 heterocycles. The van der Waals surface area contributed by atoms with Crippen LogP contribution >= 0.6 is 0 Å². The van der Waals surface area contributed by atoms with Crippen molar-refractivity contribution >= 4 is 5.69 Å². The van der Waals surface area contributed by atoms with Gasteiger partial charge in [-0.15, -0.1) is 0 Å². The van der Waals surface area contributed by atoms with Crippen LogP contribution in [0.5, 0.6) is 0 Å². The van der Waals surface area contributed by atoms with Crippen LogP contribution in [0.4, 0.5) is 14.5 Å². The smallest absolute Gasteiger partial charge is 0.149 e. The van der Waals surface area contributed by atoms with Crippen LogP contribution in [-0.2, 0) is 0 Å². The highest BCUT2D eigenvalue weighted by atomic mass is 19.1. The van der Waals surface area contributed by atoms with Crippen LogP contribution in [0.2, 0.25) is 0 Å². The van der Waals surface area contributed by atoms with E-state index in [0.717, 1.165) is 6.07 Å². The molecular formula is C11H12F2N2. The fourth-order valence-corrected chi connectivity index (χ4v) is 1.31. The molecule has 1 aromatic carbocycles. The van der Waals surface area contributed by atoms with Gasteiger partial charge in [0.1, 0.15) is 11.6 Å². The quantitative estimate of drug-likeness (QED) is 0.714. The first-order valence-electron chi connectivity index (χ1n) is 4.68. The summed E-state index contributed by atoms with van der Waals surface area (Å²) in [7, 11) is 1.72. The molecule has 0 aliphatic carbocycles. The van der Waals surface area contributed by atoms with Crippen LogP contribution < -0.4 is 4.90 Å². The van der Waals surface area contributed by atoms with Crippen LogP contribution in [0.25, 0.3) is 0 Å². The van der Waals surface area contributed by atoms with E-state index < -0.39 is 11.6 Å². The zero-order valence-corrected chi connectivity index (χ0v) is 8.50. The van der Waals surface area contributed by atoms with Crippen molar-refractivity contribution in [3.05, 3.63) is 29.8 Å². The minimum Gasteiger partial charge on any atom is -0.372 e. The van der Waals surface area contributed by atoms with Crippen LogP contribution in [-0.4, -0.2) is 13.6 Å². The molecule has 1 aromatic rings. The molecule has 0 unspecified atom stereocenters. The first-order valence-corrected chi connectivity index (χ1v) is 4.68. The maximum Gasteiger partial charge on any atom is 0.149 e. The zero-order valence-electron chi connectivity index (χ0n) is 8.50. The normalized spacial score (nSPS) is 9.73. The lowest BCUT2D eigenvalue weighted by atomic mass is 10.2. The van der Waals surface area contributed by atoms with E-state index in [1.807, 2.05) is 6.07 Å². The van der Waals surface area contributed by atoms with Gasteiger partial charge in [-0.05, 0) is 18.6 Å². The molecule has 0 aliphatic rings. The summed E-state index contributed by atoms with van der Waals surface area (Å²) in [5.41, 5.74) is 0.356. The van der Waals surface area contributed by atoms with Crippen LogP contribution in [0.15, 0.2) is 18.2 Å². The largest absolute Gasteiger partial charge is 0.372 e. The average molecular weight is 210 g/mol. The van der Waals surface area contributed by atoms with Crippen molar-refractivity contribution in [3.63, 3.8) is 0 Å². The molecule has 0 saturated heterocycles. The number of benzene rings is 1. The second-order valence-corrected chi connectivity index (χ2v) is 3.28. The molecule has 4 heteroatoms. The van der Waals surface area contributed by atoms with E-state index in [1.54, 1.807) is 11.9 Å². The molecule has 0 bridgehead atoms. The fourth-order valence-electron chi connectivity index (χ4n) is 1.31. The molecule has 0 amide bonds. The van der Waals surface area contributed by atoms with Gasteiger partial charge in [0.25, 0.3) is 0 Å². The van der Waals surface area contributed by atoms with Gasteiger partial charge in [-0.25, -0.2) is 8.78 Å². The number of anilines is 1. The number of rotatable bonds is 4. The third kappa shape index (κ3) is 3.21. The number of hydrogen-bond donors (Lipinski definition) is 0. The molecule has 0 spiro atoms. The third-order valence-corrected chi connectivity index (χ3v) is 2.10. The Bertz CT molecular complexity index is 371. The van der Waals surface area contributed by atoms with Crippen molar-refractivity contribution in [1.29, 1.82) is 5.26 Å². The van der Waals surface area contributed by atoms with Crippen molar-refractivity contribution in [1.82, 2.24) is 0 Å². The van der Waals surface area contributed by atoms with E-state index in [9.17, 15) is 8.78 Å². The van der Waals surface area contributed by atoms with Gasteiger partial charge < -0.3 is 4.90 Å². The highest BCUT2D eigenvalue weighted by molar-refractivity contribution is 5.46. The maximum absolute atomic E-state index is 13.3. The SMILES string of the molecule is CN(CCCC#N)c1ccc(F)cc1F. The topological polar surface area (TPSA) is 27.0 Å². The Labute approximate surface area is 87.7 Å². The summed E-state index contributed by atoms with van der Waals surface area (Å²) >= 11 is 0. The first kappa shape index (κ1) is 11.4. The number of hydrogen-bond acceptors (Lipinski definition) is 2. The molecule has 15 heavy (non-hydrogen) atoms. The van der Waals surface area contributed by atoms with E-state index in [4.69, 9.17) is 5.26 Å². The van der Waals surface area contributed by atoms with Crippen LogP contribution in [0.1, 0.15) is 12.8 Å². The second kappa shape index (κ2) is 5.30. The minimum atomic E-state index is -0.582. The number of nitriles is 1. The highest BCUT2D eigenvalue weighted by Crippen LogP contribution is 2.18. The second-order valence-electron chi connectivity index (χ2n) is 3.28. The van der Waals surface area contributed by atoms with Gasteiger partial charge in [0.05, 0.1) is 11.8 Å². The Morgan fingerprint density at radius 1 is 1.40 bits per heavy atom. The molecular weight excluding hydrogens is 198 g/mol. The predicted molar refractivity (Wildman–Crippen MR) is 54.5 cm³/mol. The van der Waals surface area contributed by atoms with E-state index >= 15 is 0 Å². The van der Waals surface area contributed by atoms with Crippen LogP contribution in [0, 0.1) is 23.0 Å². The summed E-state index contributed by atoms with van der Waals surface area (Å²) in [6, 6.07) is 5.50. The average Bonchev–Trinajstić information content (AvgIpc) is 2.17. The summed E-state index contributed by atoms with van der Waals surface area (Å²) in [6.45, 7) is 0.579. The molecule has 2 nitrogen and oxygen atoms in total. The standard InChI is InChI=1S/C11H12F2N2/c1-15(7-3-2-6-14)11-5-4-9(12)8-10(11)13/h4-5,8H,2-3,7H2,1H3. The fraction of sp³-hybridized carbons (Fsp3) is 0.364. The number of halogens is 2. The van der Waals surface area contributed by atoms with Gasteiger partial charge in [0, 0.05) is 26.1 Å². The first-order chi connectivity index (χ1) is 7.15. The molecule has 0 N–H and O–H groups in total. The van der Waals surface area contributed by atoms with Crippen molar-refractivity contribution in [2.24, 2.45) is 0 Å². The highest BCUT2D eigenvalue weighted by Gasteiger charge is 2.07. The summed E-state index contributed by atoms with van der Waals surface area (Å²) in [6.07, 6.45) is 1.11. The summed E-state index contributed by atoms with van der Waals surface area (Å²) < 4.78 is 25.9. The van der Waals surface area contributed by atoms with E-state index in [2.05, 4.69) is 0 Å². The maximum atomic E-state index is 13.3. The van der Waals surface area contributed by atoms with Gasteiger partial charge in [-0.3, -0.25) is 0 Å². The Morgan fingerprint density at radius 2 is 2.13 bits per heavy atom. The number of nitrogens with zero attached hydrogens (tertiary/aromatic N) is 2. The van der Waals surface area contributed by atoms with Crippen molar-refractivity contribution < 1.29 is 8.78 Å². The van der Waals surface area contributed by atoms with Crippen molar-refractivity contribution in [3.8, 4) is 6.07 Å². The van der Waals surface area contributed by atoms with Gasteiger partial charge in [0.2, 0.25) is 0 Å². The lowest BCUT2D eigenvalue weighted by Gasteiger charge is -2.19. The van der Waals surface area contributed by atoms with E-state index in [1.165, 1.54) is 12.1 Å². The Hall–Kier alpha value is -1.63. The van der Waals surface area contributed by atoms with E-state index in [0.29, 0.717) is 25.1 Å². The Kier molecular flexibility index (Phi) is 4.04. The monoisotopic (exact) mass is 210 g/mol. The van der Waals surface area contributed by atoms with Gasteiger partial charge in [-0.1, -0.05) is 0 Å². The van der Waals surface area contributed by atoms with Gasteiger partial charge in [-0.2, -0.15) is 5.26 Å². The molecule has 0 atom stereocenters. The zero-order chi connectivity index (χ0) is 11.3. The summed E-state index contributed by atoms with van der Waals surface area (Å²) in [5, 5.41) is 8.35. The lowest BCUT2D eigenvalue weighted by molar-refractivity contribution is 0.580. The minimum absolute atomic E-state index is 0.356. The Balaban J connectivity index is 2.66. The molecule has 0 aromatic heterocycles. The molecule has 0 aliphatic heterocycles. The van der Waals surface area contributed by atoms with Crippen LogP contribution in [0.3, 0.4) is 0 Å². The van der Waals surface area contributed by atoms with Gasteiger partial charge in [0.15, 0.2) is 0 Å². The summed E-state index contributed by atoms with van der Waals surface area (Å²) in [5.74, 6) is -1.16. The van der Waals surface area contributed by atoms with Crippen molar-refractivity contribution in [2.45, 2.75) is 12.8 Å². The third-order valence-electron chi connectivity index (χ3n) is 2.10. The van der Waals surface area contributed by atoms with Crippen molar-refractivity contribution in [2.75, 3.05) is 18.5 Å². The van der Waals surface area contributed by atoms with Gasteiger partial charge >= 0.3 is 0 Å². The van der Waals surface area contributed by atoms with E-state index in [-0.39, 0.29) is 0 Å². The Morgan fingerprint density at radius 3 is 2.73 bits per heavy atom. The summed E-state index contributed by atoms with van der Waals surface area (Å²) in [4.78, 5) is 1.67. The predicted octanol–water partition coefficient (Wildman–Crippen LogP) is 2.70. The molecule has 0 radical (unpaired) electrons. The molecule has 0 fully saturated rings. The molecule has 80 valence electrons. The molecule has 0 saturated carbocycles. The number of unbranched alkanes of at least 4 members (excludes halogenated alkanes) is 1. The lowest BCUT2D eigenvalue weighted by Crippen LogP contribution is -2.19.